The smallest absolute Gasteiger partial charge is 0.129 e. The summed E-state index contributed by atoms with van der Waals surface area (Å²) >= 11 is 11.1. The van der Waals surface area contributed by atoms with Gasteiger partial charge in [0.2, 0.25) is 0 Å². The van der Waals surface area contributed by atoms with Crippen molar-refractivity contribution >= 4 is 28.8 Å². The molecule has 0 spiro atoms. The van der Waals surface area contributed by atoms with Crippen molar-refractivity contribution in [3.05, 3.63) is 34.6 Å². The SMILES string of the molecule is NC(=S)C1CCCCN1Cc1c(F)cccc1Cl. The molecule has 1 aromatic rings. The molecular weight excluding hydrogens is 271 g/mol. The Morgan fingerprint density at radius 3 is 2.94 bits per heavy atom. The van der Waals surface area contributed by atoms with E-state index in [-0.39, 0.29) is 11.9 Å². The van der Waals surface area contributed by atoms with E-state index in [1.54, 1.807) is 12.1 Å². The maximum Gasteiger partial charge on any atom is 0.129 e. The summed E-state index contributed by atoms with van der Waals surface area (Å²) in [4.78, 5) is 2.61. The van der Waals surface area contributed by atoms with Crippen molar-refractivity contribution in [1.29, 1.82) is 0 Å². The van der Waals surface area contributed by atoms with E-state index in [0.29, 0.717) is 22.1 Å². The maximum atomic E-state index is 13.8. The summed E-state index contributed by atoms with van der Waals surface area (Å²) in [5, 5.41) is 0.460. The first-order valence-electron chi connectivity index (χ1n) is 6.06. The lowest BCUT2D eigenvalue weighted by Crippen LogP contribution is -2.46. The van der Waals surface area contributed by atoms with Gasteiger partial charge in [-0.1, -0.05) is 36.3 Å². The van der Waals surface area contributed by atoms with Gasteiger partial charge in [-0.05, 0) is 31.5 Å². The highest BCUT2D eigenvalue weighted by Crippen LogP contribution is 2.25. The van der Waals surface area contributed by atoms with Crippen LogP contribution in [0.3, 0.4) is 0 Å². The summed E-state index contributed by atoms with van der Waals surface area (Å²) < 4.78 is 13.8. The van der Waals surface area contributed by atoms with Gasteiger partial charge >= 0.3 is 0 Å². The summed E-state index contributed by atoms with van der Waals surface area (Å²) in [5.41, 5.74) is 6.28. The van der Waals surface area contributed by atoms with Gasteiger partial charge in [0, 0.05) is 17.1 Å². The van der Waals surface area contributed by atoms with E-state index >= 15 is 0 Å². The maximum absolute atomic E-state index is 13.8. The molecule has 1 saturated heterocycles. The van der Waals surface area contributed by atoms with Gasteiger partial charge in [0.25, 0.3) is 0 Å². The molecule has 2 nitrogen and oxygen atoms in total. The first-order chi connectivity index (χ1) is 8.59. The van der Waals surface area contributed by atoms with Crippen LogP contribution in [0.5, 0.6) is 0 Å². The van der Waals surface area contributed by atoms with Gasteiger partial charge in [0.15, 0.2) is 0 Å². The third-order valence-electron chi connectivity index (χ3n) is 3.36. The van der Waals surface area contributed by atoms with E-state index in [0.717, 1.165) is 25.8 Å². The van der Waals surface area contributed by atoms with Crippen molar-refractivity contribution in [3.8, 4) is 0 Å². The van der Waals surface area contributed by atoms with E-state index in [1.165, 1.54) is 6.07 Å². The minimum atomic E-state index is -0.269. The third-order valence-corrected chi connectivity index (χ3v) is 3.99. The van der Waals surface area contributed by atoms with Crippen molar-refractivity contribution in [2.24, 2.45) is 5.73 Å². The molecular formula is C13H16ClFN2S. The number of nitrogens with two attached hydrogens (primary N) is 1. The molecule has 98 valence electrons. The first kappa shape index (κ1) is 13.7. The molecule has 1 heterocycles. The molecule has 1 aliphatic rings. The summed E-state index contributed by atoms with van der Waals surface area (Å²) in [6.45, 7) is 1.35. The molecule has 1 unspecified atom stereocenters. The standard InChI is InChI=1S/C13H16ClFN2S/c14-10-4-3-5-11(15)9(10)8-17-7-2-1-6-12(17)13(16)18/h3-5,12H,1-2,6-8H2,(H2,16,18). The summed E-state index contributed by atoms with van der Waals surface area (Å²) in [5.74, 6) is -0.269. The average Bonchev–Trinajstić information content (AvgIpc) is 2.34. The third kappa shape index (κ3) is 2.99. The van der Waals surface area contributed by atoms with E-state index in [1.807, 2.05) is 0 Å². The van der Waals surface area contributed by atoms with Gasteiger partial charge in [0.1, 0.15) is 5.82 Å². The fourth-order valence-electron chi connectivity index (χ4n) is 2.39. The fourth-order valence-corrected chi connectivity index (χ4v) is 2.88. The van der Waals surface area contributed by atoms with Gasteiger partial charge in [-0.3, -0.25) is 4.90 Å². The number of benzene rings is 1. The summed E-state index contributed by atoms with van der Waals surface area (Å²) in [7, 11) is 0. The highest BCUT2D eigenvalue weighted by atomic mass is 35.5. The Morgan fingerprint density at radius 1 is 1.50 bits per heavy atom. The van der Waals surface area contributed by atoms with Crippen LogP contribution in [0.2, 0.25) is 5.02 Å². The monoisotopic (exact) mass is 286 g/mol. The lowest BCUT2D eigenvalue weighted by atomic mass is 10.0. The van der Waals surface area contributed by atoms with Crippen LogP contribution in [0.25, 0.3) is 0 Å². The number of likely N-dealkylation sites (tertiary alicyclic amines) is 1. The summed E-state index contributed by atoms with van der Waals surface area (Å²) in [6.07, 6.45) is 3.15. The Kier molecular flexibility index (Phi) is 4.54. The molecule has 1 aromatic carbocycles. The molecule has 0 radical (unpaired) electrons. The van der Waals surface area contributed by atoms with Crippen LogP contribution in [0.15, 0.2) is 18.2 Å². The second-order valence-corrected chi connectivity index (χ2v) is 5.46. The Morgan fingerprint density at radius 2 is 2.28 bits per heavy atom. The number of hydrogen-bond donors (Lipinski definition) is 1. The van der Waals surface area contributed by atoms with Crippen LogP contribution in [0.1, 0.15) is 24.8 Å². The van der Waals surface area contributed by atoms with Crippen LogP contribution in [0.4, 0.5) is 4.39 Å². The minimum Gasteiger partial charge on any atom is -0.392 e. The van der Waals surface area contributed by atoms with Crippen LogP contribution < -0.4 is 5.73 Å². The molecule has 0 amide bonds. The molecule has 1 aliphatic heterocycles. The summed E-state index contributed by atoms with van der Waals surface area (Å²) in [6, 6.07) is 4.81. The second kappa shape index (κ2) is 5.95. The fraction of sp³-hybridized carbons (Fsp3) is 0.462. The predicted octanol–water partition coefficient (Wildman–Crippen LogP) is 3.12. The highest BCUT2D eigenvalue weighted by Gasteiger charge is 2.25. The Labute approximate surface area is 117 Å². The molecule has 0 saturated carbocycles. The average molecular weight is 287 g/mol. The van der Waals surface area contributed by atoms with E-state index in [9.17, 15) is 4.39 Å². The van der Waals surface area contributed by atoms with Gasteiger partial charge in [-0.15, -0.1) is 0 Å². The van der Waals surface area contributed by atoms with Gasteiger partial charge < -0.3 is 5.73 Å². The number of hydrogen-bond acceptors (Lipinski definition) is 2. The van der Waals surface area contributed by atoms with Crippen LogP contribution in [-0.2, 0) is 6.54 Å². The number of rotatable bonds is 3. The molecule has 18 heavy (non-hydrogen) atoms. The van der Waals surface area contributed by atoms with Crippen molar-refractivity contribution in [3.63, 3.8) is 0 Å². The highest BCUT2D eigenvalue weighted by molar-refractivity contribution is 7.80. The molecule has 0 bridgehead atoms. The van der Waals surface area contributed by atoms with Gasteiger partial charge in [0.05, 0.1) is 11.0 Å². The largest absolute Gasteiger partial charge is 0.392 e. The molecule has 0 aliphatic carbocycles. The minimum absolute atomic E-state index is 0.0597. The van der Waals surface area contributed by atoms with Crippen molar-refractivity contribution in [2.75, 3.05) is 6.54 Å². The Hall–Kier alpha value is -0.710. The quantitative estimate of drug-likeness (QED) is 0.866. The Bertz CT molecular complexity index is 432. The number of thiocarbonyl (C=S) groups is 1. The number of halogens is 2. The van der Waals surface area contributed by atoms with E-state index < -0.39 is 0 Å². The zero-order valence-electron chi connectivity index (χ0n) is 10.0. The van der Waals surface area contributed by atoms with Crippen molar-refractivity contribution in [2.45, 2.75) is 31.8 Å². The molecule has 5 heteroatoms. The van der Waals surface area contributed by atoms with Crippen molar-refractivity contribution < 1.29 is 4.39 Å². The lowest BCUT2D eigenvalue weighted by molar-refractivity contribution is 0.182. The van der Waals surface area contributed by atoms with E-state index in [4.69, 9.17) is 29.6 Å². The molecule has 2 N–H and O–H groups in total. The van der Waals surface area contributed by atoms with Crippen molar-refractivity contribution in [1.82, 2.24) is 4.90 Å². The zero-order valence-corrected chi connectivity index (χ0v) is 11.6. The predicted molar refractivity (Wildman–Crippen MR) is 76.2 cm³/mol. The van der Waals surface area contributed by atoms with E-state index in [2.05, 4.69) is 4.90 Å². The van der Waals surface area contributed by atoms with Crippen LogP contribution >= 0.6 is 23.8 Å². The van der Waals surface area contributed by atoms with Crippen LogP contribution in [-0.4, -0.2) is 22.5 Å². The van der Waals surface area contributed by atoms with Gasteiger partial charge in [-0.2, -0.15) is 0 Å². The lowest BCUT2D eigenvalue weighted by Gasteiger charge is -2.35. The zero-order chi connectivity index (χ0) is 13.1. The van der Waals surface area contributed by atoms with Crippen LogP contribution in [0, 0.1) is 5.82 Å². The number of nitrogens with zero attached hydrogens (tertiary/aromatic N) is 1. The van der Waals surface area contributed by atoms with Gasteiger partial charge in [-0.25, -0.2) is 4.39 Å². The molecule has 2 rings (SSSR count). The topological polar surface area (TPSA) is 29.3 Å². The molecule has 0 aromatic heterocycles. The molecule has 1 fully saturated rings. The number of piperidine rings is 1. The first-order valence-corrected chi connectivity index (χ1v) is 6.84. The normalized spacial score (nSPS) is 20.9. The Balaban J connectivity index is 2.18. The second-order valence-electron chi connectivity index (χ2n) is 4.58. The molecule has 1 atom stereocenters.